The van der Waals surface area contributed by atoms with Gasteiger partial charge in [-0.2, -0.15) is 0 Å². The molecular formula is C12H7ClN2O. The van der Waals surface area contributed by atoms with Gasteiger partial charge in [0.05, 0.1) is 5.52 Å². The number of nitrogens with zero attached hydrogens (tertiary/aromatic N) is 1. The van der Waals surface area contributed by atoms with Crippen molar-refractivity contribution >= 4 is 28.4 Å². The molecule has 0 bridgehead atoms. The summed E-state index contributed by atoms with van der Waals surface area (Å²) in [4.78, 5) is 14.7. The van der Waals surface area contributed by atoms with Crippen molar-refractivity contribution in [1.29, 1.82) is 0 Å². The van der Waals surface area contributed by atoms with E-state index in [2.05, 4.69) is 16.8 Å². The smallest absolute Gasteiger partial charge is 0.293 e. The van der Waals surface area contributed by atoms with Gasteiger partial charge in [0.25, 0.3) is 5.91 Å². The summed E-state index contributed by atoms with van der Waals surface area (Å²) in [6.07, 6.45) is 1.61. The maximum Gasteiger partial charge on any atom is 0.293 e. The van der Waals surface area contributed by atoms with Crippen LogP contribution in [-0.2, 0) is 4.79 Å². The number of benzene rings is 1. The quantitative estimate of drug-likeness (QED) is 0.701. The van der Waals surface area contributed by atoms with E-state index in [9.17, 15) is 4.79 Å². The molecule has 1 aromatic heterocycles. The maximum absolute atomic E-state index is 10.6. The Kier molecular flexibility index (Phi) is 2.76. The van der Waals surface area contributed by atoms with Gasteiger partial charge >= 0.3 is 0 Å². The van der Waals surface area contributed by atoms with Crippen LogP contribution in [0.3, 0.4) is 0 Å². The molecule has 1 heterocycles. The van der Waals surface area contributed by atoms with Crippen LogP contribution >= 0.6 is 11.6 Å². The van der Waals surface area contributed by atoms with E-state index in [1.807, 2.05) is 6.07 Å². The highest BCUT2D eigenvalue weighted by Crippen LogP contribution is 2.19. The molecule has 2 rings (SSSR count). The Hall–Kier alpha value is -2.05. The Bertz CT molecular complexity index is 626. The van der Waals surface area contributed by atoms with Gasteiger partial charge in [-0.1, -0.05) is 23.6 Å². The lowest BCUT2D eigenvalue weighted by atomic mass is 10.1. The summed E-state index contributed by atoms with van der Waals surface area (Å²) >= 11 is 5.85. The fourth-order valence-electron chi connectivity index (χ4n) is 1.36. The second-order valence-corrected chi connectivity index (χ2v) is 3.57. The van der Waals surface area contributed by atoms with Crippen LogP contribution in [0.5, 0.6) is 0 Å². The molecule has 4 heteroatoms. The first-order valence-corrected chi connectivity index (χ1v) is 4.90. The highest BCUT2D eigenvalue weighted by Gasteiger charge is 2.00. The minimum atomic E-state index is -0.654. The lowest BCUT2D eigenvalue weighted by molar-refractivity contribution is -0.112. The summed E-state index contributed by atoms with van der Waals surface area (Å²) in [5.41, 5.74) is 6.41. The molecule has 0 saturated heterocycles. The van der Waals surface area contributed by atoms with E-state index in [1.165, 1.54) is 0 Å². The van der Waals surface area contributed by atoms with E-state index in [1.54, 1.807) is 24.4 Å². The van der Waals surface area contributed by atoms with Gasteiger partial charge in [-0.25, -0.2) is 0 Å². The molecule has 0 aliphatic heterocycles. The third kappa shape index (κ3) is 2.13. The van der Waals surface area contributed by atoms with Crippen molar-refractivity contribution in [3.05, 3.63) is 41.0 Å². The normalized spacial score (nSPS) is 9.56. The van der Waals surface area contributed by atoms with Crippen molar-refractivity contribution in [1.82, 2.24) is 4.98 Å². The van der Waals surface area contributed by atoms with Crippen molar-refractivity contribution in [2.24, 2.45) is 5.73 Å². The number of aromatic nitrogens is 1. The lowest BCUT2D eigenvalue weighted by Gasteiger charge is -1.99. The first-order chi connectivity index (χ1) is 7.66. The maximum atomic E-state index is 10.6. The minimum Gasteiger partial charge on any atom is -0.359 e. The molecule has 0 saturated carbocycles. The SMILES string of the molecule is NC(=O)C#Cc1ccnc2cc(Cl)ccc12. The predicted octanol–water partition coefficient (Wildman–Crippen LogP) is 1.72. The summed E-state index contributed by atoms with van der Waals surface area (Å²) in [5, 5.41) is 1.46. The van der Waals surface area contributed by atoms with Gasteiger partial charge in [-0.15, -0.1) is 0 Å². The van der Waals surface area contributed by atoms with E-state index >= 15 is 0 Å². The van der Waals surface area contributed by atoms with Crippen LogP contribution in [0.1, 0.15) is 5.56 Å². The van der Waals surface area contributed by atoms with E-state index in [0.29, 0.717) is 10.6 Å². The number of fused-ring (bicyclic) bond motifs is 1. The largest absolute Gasteiger partial charge is 0.359 e. The topological polar surface area (TPSA) is 56.0 Å². The highest BCUT2D eigenvalue weighted by molar-refractivity contribution is 6.31. The Morgan fingerprint density at radius 1 is 1.38 bits per heavy atom. The average Bonchev–Trinajstić information content (AvgIpc) is 2.25. The lowest BCUT2D eigenvalue weighted by Crippen LogP contribution is -2.06. The number of halogens is 1. The predicted molar refractivity (Wildman–Crippen MR) is 62.8 cm³/mol. The first kappa shape index (κ1) is 10.5. The van der Waals surface area contributed by atoms with Crippen LogP contribution < -0.4 is 5.73 Å². The molecule has 0 radical (unpaired) electrons. The molecule has 16 heavy (non-hydrogen) atoms. The average molecular weight is 231 g/mol. The monoisotopic (exact) mass is 230 g/mol. The molecule has 0 unspecified atom stereocenters. The van der Waals surface area contributed by atoms with Gasteiger partial charge in [0.2, 0.25) is 0 Å². The van der Waals surface area contributed by atoms with E-state index in [-0.39, 0.29) is 0 Å². The Balaban J connectivity index is 2.64. The highest BCUT2D eigenvalue weighted by atomic mass is 35.5. The van der Waals surface area contributed by atoms with Crippen LogP contribution in [0.4, 0.5) is 0 Å². The Morgan fingerprint density at radius 3 is 2.94 bits per heavy atom. The van der Waals surface area contributed by atoms with Crippen molar-refractivity contribution in [3.63, 3.8) is 0 Å². The fraction of sp³-hybridized carbons (Fsp3) is 0. The zero-order valence-electron chi connectivity index (χ0n) is 8.20. The number of carbonyl (C=O) groups excluding carboxylic acids is 1. The molecule has 0 atom stereocenters. The van der Waals surface area contributed by atoms with Gasteiger partial charge in [-0.3, -0.25) is 9.78 Å². The van der Waals surface area contributed by atoms with Crippen molar-refractivity contribution in [2.75, 3.05) is 0 Å². The van der Waals surface area contributed by atoms with Gasteiger partial charge in [0, 0.05) is 28.1 Å². The van der Waals surface area contributed by atoms with Gasteiger partial charge in [-0.05, 0) is 18.2 Å². The zero-order valence-corrected chi connectivity index (χ0v) is 8.95. The number of primary amides is 1. The van der Waals surface area contributed by atoms with Crippen LogP contribution in [0.25, 0.3) is 10.9 Å². The summed E-state index contributed by atoms with van der Waals surface area (Å²) in [7, 11) is 0. The van der Waals surface area contributed by atoms with Crippen LogP contribution in [0.2, 0.25) is 5.02 Å². The van der Waals surface area contributed by atoms with Crippen molar-refractivity contribution < 1.29 is 4.79 Å². The molecule has 1 amide bonds. The minimum absolute atomic E-state index is 0.611. The summed E-state index contributed by atoms with van der Waals surface area (Å²) in [6, 6.07) is 7.04. The number of pyridine rings is 1. The standard InChI is InChI=1S/C12H7ClN2O/c13-9-2-3-10-8(1-4-12(14)16)5-6-15-11(10)7-9/h2-3,5-7H,(H2,14,16). The Labute approximate surface area is 97.2 Å². The molecule has 0 aliphatic rings. The van der Waals surface area contributed by atoms with Gasteiger partial charge < -0.3 is 5.73 Å². The van der Waals surface area contributed by atoms with Gasteiger partial charge in [0.15, 0.2) is 0 Å². The van der Waals surface area contributed by atoms with Gasteiger partial charge in [0.1, 0.15) is 0 Å². The third-order valence-electron chi connectivity index (χ3n) is 2.03. The zero-order chi connectivity index (χ0) is 11.5. The Morgan fingerprint density at radius 2 is 2.19 bits per heavy atom. The molecule has 0 spiro atoms. The van der Waals surface area contributed by atoms with Crippen molar-refractivity contribution in [3.8, 4) is 11.8 Å². The number of rotatable bonds is 0. The number of hydrogen-bond donors (Lipinski definition) is 1. The third-order valence-corrected chi connectivity index (χ3v) is 2.26. The second-order valence-electron chi connectivity index (χ2n) is 3.13. The van der Waals surface area contributed by atoms with E-state index < -0.39 is 5.91 Å². The molecule has 2 aromatic rings. The van der Waals surface area contributed by atoms with Crippen LogP contribution in [0, 0.1) is 11.8 Å². The number of hydrogen-bond acceptors (Lipinski definition) is 2. The molecule has 3 nitrogen and oxygen atoms in total. The van der Waals surface area contributed by atoms with Crippen LogP contribution in [-0.4, -0.2) is 10.9 Å². The van der Waals surface area contributed by atoms with E-state index in [0.717, 1.165) is 10.9 Å². The summed E-state index contributed by atoms with van der Waals surface area (Å²) in [5.74, 6) is 4.34. The molecular weight excluding hydrogens is 224 g/mol. The second kappa shape index (κ2) is 4.21. The molecule has 0 fully saturated rings. The molecule has 78 valence electrons. The summed E-state index contributed by atoms with van der Waals surface area (Å²) in [6.45, 7) is 0. The molecule has 0 aliphatic carbocycles. The number of amides is 1. The first-order valence-electron chi connectivity index (χ1n) is 4.52. The number of carbonyl (C=O) groups is 1. The summed E-state index contributed by atoms with van der Waals surface area (Å²) < 4.78 is 0. The van der Waals surface area contributed by atoms with Crippen molar-refractivity contribution in [2.45, 2.75) is 0 Å². The fourth-order valence-corrected chi connectivity index (χ4v) is 1.53. The van der Waals surface area contributed by atoms with Crippen LogP contribution in [0.15, 0.2) is 30.5 Å². The van der Waals surface area contributed by atoms with E-state index in [4.69, 9.17) is 17.3 Å². The molecule has 1 aromatic carbocycles. The number of nitrogens with two attached hydrogens (primary N) is 1. The molecule has 2 N–H and O–H groups in total.